The molecule has 0 bridgehead atoms. The lowest BCUT2D eigenvalue weighted by Gasteiger charge is -2.00. The van der Waals surface area contributed by atoms with Crippen LogP contribution in [0, 0.1) is 0 Å². The van der Waals surface area contributed by atoms with Gasteiger partial charge in [-0.3, -0.25) is 0 Å². The molecule has 19 heavy (non-hydrogen) atoms. The van der Waals surface area contributed by atoms with Crippen LogP contribution in [0.25, 0.3) is 0 Å². The van der Waals surface area contributed by atoms with Crippen molar-refractivity contribution in [3.8, 4) is 5.75 Å². The number of carboxylic acids is 2. The molecule has 0 aliphatic heterocycles. The summed E-state index contributed by atoms with van der Waals surface area (Å²) >= 11 is 0. The van der Waals surface area contributed by atoms with Gasteiger partial charge in [0.2, 0.25) is 0 Å². The van der Waals surface area contributed by atoms with Crippen LogP contribution in [-0.2, 0) is 4.79 Å². The van der Waals surface area contributed by atoms with E-state index >= 15 is 0 Å². The standard InChI is InChI=1S/C7H7NO3.C6H10O2/c8-11-6-4-2-1-3-5(6)7(9)10;1-2-3-4-5-6(7)8/h1-4H,8H2,(H,9,10);4-5H,2-3H2,1H3,(H,7,8). The van der Waals surface area contributed by atoms with Gasteiger partial charge in [0, 0.05) is 6.08 Å². The van der Waals surface area contributed by atoms with E-state index in [4.69, 9.17) is 16.1 Å². The molecule has 6 nitrogen and oxygen atoms in total. The van der Waals surface area contributed by atoms with Gasteiger partial charge in [-0.1, -0.05) is 31.6 Å². The third-order valence-electron chi connectivity index (χ3n) is 1.96. The van der Waals surface area contributed by atoms with Gasteiger partial charge in [-0.25, -0.2) is 9.59 Å². The molecule has 0 amide bonds. The van der Waals surface area contributed by atoms with E-state index in [2.05, 4.69) is 4.84 Å². The van der Waals surface area contributed by atoms with E-state index in [1.165, 1.54) is 18.2 Å². The highest BCUT2D eigenvalue weighted by Gasteiger charge is 2.08. The average Bonchev–Trinajstić information content (AvgIpc) is 2.39. The summed E-state index contributed by atoms with van der Waals surface area (Å²) in [5.41, 5.74) is 0.0648. The van der Waals surface area contributed by atoms with E-state index in [0.29, 0.717) is 0 Å². The number of hydrogen-bond donors (Lipinski definition) is 3. The Morgan fingerprint density at radius 1 is 1.32 bits per heavy atom. The molecule has 0 saturated carbocycles. The van der Waals surface area contributed by atoms with Gasteiger partial charge in [0.05, 0.1) is 0 Å². The van der Waals surface area contributed by atoms with Gasteiger partial charge >= 0.3 is 11.9 Å². The Morgan fingerprint density at radius 2 is 1.95 bits per heavy atom. The van der Waals surface area contributed by atoms with Crippen LogP contribution < -0.4 is 10.7 Å². The molecular formula is C13H17NO5. The Balaban J connectivity index is 0.000000362. The monoisotopic (exact) mass is 267 g/mol. The van der Waals surface area contributed by atoms with Crippen molar-refractivity contribution in [2.24, 2.45) is 5.90 Å². The van der Waals surface area contributed by atoms with E-state index in [1.54, 1.807) is 18.2 Å². The lowest BCUT2D eigenvalue weighted by molar-refractivity contribution is -0.131. The predicted molar refractivity (Wildman–Crippen MR) is 69.9 cm³/mol. The van der Waals surface area contributed by atoms with Crippen LogP contribution in [0.2, 0.25) is 0 Å². The second-order valence-corrected chi connectivity index (χ2v) is 3.45. The van der Waals surface area contributed by atoms with Crippen LogP contribution in [0.15, 0.2) is 36.4 Å². The topological polar surface area (TPSA) is 110 Å². The molecule has 104 valence electrons. The average molecular weight is 267 g/mol. The predicted octanol–water partition coefficient (Wildman–Crippen LogP) is 2.06. The molecule has 0 fully saturated rings. The molecule has 0 aromatic heterocycles. The number of aromatic carboxylic acids is 1. The van der Waals surface area contributed by atoms with Gasteiger partial charge in [-0.05, 0) is 18.6 Å². The molecular weight excluding hydrogens is 250 g/mol. The fourth-order valence-corrected chi connectivity index (χ4v) is 1.10. The number of allylic oxidation sites excluding steroid dienone is 1. The first-order valence-electron chi connectivity index (χ1n) is 5.61. The zero-order chi connectivity index (χ0) is 14.7. The first kappa shape index (κ1) is 16.7. The minimum absolute atomic E-state index is 0.0648. The fourth-order valence-electron chi connectivity index (χ4n) is 1.10. The highest BCUT2D eigenvalue weighted by Crippen LogP contribution is 2.15. The number of aliphatic carboxylic acids is 1. The number of carboxylic acid groups (broad SMARTS) is 2. The molecule has 1 aromatic rings. The highest BCUT2D eigenvalue weighted by atomic mass is 16.6. The minimum atomic E-state index is -1.05. The first-order valence-corrected chi connectivity index (χ1v) is 5.61. The van der Waals surface area contributed by atoms with Crippen molar-refractivity contribution in [2.75, 3.05) is 0 Å². The van der Waals surface area contributed by atoms with Crippen molar-refractivity contribution in [1.82, 2.24) is 0 Å². The van der Waals surface area contributed by atoms with Gasteiger partial charge in [0.1, 0.15) is 5.56 Å². The van der Waals surface area contributed by atoms with Crippen molar-refractivity contribution < 1.29 is 24.6 Å². The molecule has 0 unspecified atom stereocenters. The molecule has 4 N–H and O–H groups in total. The number of rotatable bonds is 5. The fraction of sp³-hybridized carbons (Fsp3) is 0.231. The van der Waals surface area contributed by atoms with Gasteiger partial charge in [-0.15, -0.1) is 0 Å². The van der Waals surface area contributed by atoms with Gasteiger partial charge in [-0.2, -0.15) is 5.90 Å². The van der Waals surface area contributed by atoms with Crippen LogP contribution in [0.5, 0.6) is 5.75 Å². The maximum absolute atomic E-state index is 10.4. The maximum Gasteiger partial charge on any atom is 0.339 e. The summed E-state index contributed by atoms with van der Waals surface area (Å²) in [6.45, 7) is 2.01. The molecule has 0 aliphatic rings. The normalized spacial score (nSPS) is 9.58. The summed E-state index contributed by atoms with van der Waals surface area (Å²) in [6.07, 6.45) is 4.68. The van der Waals surface area contributed by atoms with Gasteiger partial charge < -0.3 is 15.1 Å². The molecule has 0 radical (unpaired) electrons. The first-order chi connectivity index (χ1) is 9.02. The Hall–Kier alpha value is -2.34. The number of unbranched alkanes of at least 4 members (excludes halogenated alkanes) is 1. The van der Waals surface area contributed by atoms with Crippen LogP contribution in [0.4, 0.5) is 0 Å². The molecule has 6 heteroatoms. The summed E-state index contributed by atoms with van der Waals surface area (Å²) in [5.74, 6) is 3.08. The molecule has 0 saturated heterocycles. The second-order valence-electron chi connectivity index (χ2n) is 3.45. The van der Waals surface area contributed by atoms with E-state index in [-0.39, 0.29) is 11.3 Å². The number of carbonyl (C=O) groups is 2. The SMILES string of the molecule is CCCC=CC(=O)O.NOc1ccccc1C(=O)O. The van der Waals surface area contributed by atoms with Gasteiger partial charge in [0.15, 0.2) is 5.75 Å². The van der Waals surface area contributed by atoms with Gasteiger partial charge in [0.25, 0.3) is 0 Å². The summed E-state index contributed by atoms with van der Waals surface area (Å²) in [7, 11) is 0. The molecule has 0 heterocycles. The Bertz CT molecular complexity index is 442. The van der Waals surface area contributed by atoms with E-state index < -0.39 is 11.9 Å². The number of hydrogen-bond acceptors (Lipinski definition) is 4. The molecule has 0 spiro atoms. The maximum atomic E-state index is 10.4. The third-order valence-corrected chi connectivity index (χ3v) is 1.96. The van der Waals surface area contributed by atoms with Crippen molar-refractivity contribution in [3.05, 3.63) is 42.0 Å². The molecule has 1 rings (SSSR count). The summed E-state index contributed by atoms with van der Waals surface area (Å²) in [4.78, 5) is 24.6. The summed E-state index contributed by atoms with van der Waals surface area (Å²) in [6, 6.07) is 6.16. The quantitative estimate of drug-likeness (QED) is 0.556. The number of benzene rings is 1. The number of nitrogens with two attached hydrogens (primary N) is 1. The minimum Gasteiger partial charge on any atom is -0.478 e. The van der Waals surface area contributed by atoms with Crippen LogP contribution in [0.3, 0.4) is 0 Å². The van der Waals surface area contributed by atoms with Crippen molar-refractivity contribution >= 4 is 11.9 Å². The largest absolute Gasteiger partial charge is 0.478 e. The number of para-hydroxylation sites is 1. The lowest BCUT2D eigenvalue weighted by Crippen LogP contribution is -2.07. The van der Waals surface area contributed by atoms with Crippen LogP contribution in [-0.4, -0.2) is 22.2 Å². The molecule has 0 atom stereocenters. The zero-order valence-corrected chi connectivity index (χ0v) is 10.6. The van der Waals surface area contributed by atoms with E-state index in [1.807, 2.05) is 6.92 Å². The van der Waals surface area contributed by atoms with Crippen molar-refractivity contribution in [3.63, 3.8) is 0 Å². The molecule has 0 aliphatic carbocycles. The molecule has 1 aromatic carbocycles. The van der Waals surface area contributed by atoms with E-state index in [9.17, 15) is 9.59 Å². The third kappa shape index (κ3) is 7.56. The summed E-state index contributed by atoms with van der Waals surface area (Å²) in [5, 5.41) is 16.6. The van der Waals surface area contributed by atoms with Crippen molar-refractivity contribution in [1.29, 1.82) is 0 Å². The van der Waals surface area contributed by atoms with Crippen LogP contribution >= 0.6 is 0 Å². The van der Waals surface area contributed by atoms with E-state index in [0.717, 1.165) is 12.8 Å². The Kier molecular flexibility index (Phi) is 8.48. The zero-order valence-electron chi connectivity index (χ0n) is 10.6. The smallest absolute Gasteiger partial charge is 0.339 e. The Morgan fingerprint density at radius 3 is 2.37 bits per heavy atom. The highest BCUT2D eigenvalue weighted by molar-refractivity contribution is 5.90. The Labute approximate surface area is 111 Å². The lowest BCUT2D eigenvalue weighted by atomic mass is 10.2. The summed E-state index contributed by atoms with van der Waals surface area (Å²) < 4.78 is 0. The second kappa shape index (κ2) is 9.67. The van der Waals surface area contributed by atoms with Crippen molar-refractivity contribution in [2.45, 2.75) is 19.8 Å². The van der Waals surface area contributed by atoms with Crippen LogP contribution in [0.1, 0.15) is 30.1 Å².